The van der Waals surface area contributed by atoms with Gasteiger partial charge in [0.05, 0.1) is 5.52 Å². The van der Waals surface area contributed by atoms with E-state index >= 15 is 0 Å². The van der Waals surface area contributed by atoms with E-state index in [0.717, 1.165) is 35.9 Å². The summed E-state index contributed by atoms with van der Waals surface area (Å²) < 4.78 is 0. The Hall–Kier alpha value is -2.43. The van der Waals surface area contributed by atoms with Crippen molar-refractivity contribution in [2.24, 2.45) is 0 Å². The number of hydrogen-bond acceptors (Lipinski definition) is 3. The molecule has 5 heteroatoms. The van der Waals surface area contributed by atoms with Gasteiger partial charge < -0.3 is 5.32 Å². The second kappa shape index (κ2) is 8.37. The third-order valence-corrected chi connectivity index (χ3v) is 6.86. The summed E-state index contributed by atoms with van der Waals surface area (Å²) in [5, 5.41) is 4.86. The molecule has 3 aromatic rings. The number of fused-ring (bicyclic) bond motifs is 2. The fraction of sp³-hybridized carbons (Fsp3) is 0.360. The number of amides is 1. The van der Waals surface area contributed by atoms with Crippen molar-refractivity contribution in [2.75, 3.05) is 0 Å². The number of hydrogen-bond donors (Lipinski definition) is 1. The van der Waals surface area contributed by atoms with Gasteiger partial charge in [-0.1, -0.05) is 73.0 Å². The van der Waals surface area contributed by atoms with E-state index < -0.39 is 0 Å². The summed E-state index contributed by atoms with van der Waals surface area (Å²) >= 11 is 6.71. The molecule has 2 aliphatic rings. The Labute approximate surface area is 182 Å². The van der Waals surface area contributed by atoms with Gasteiger partial charge in [-0.15, -0.1) is 0 Å². The lowest BCUT2D eigenvalue weighted by molar-refractivity contribution is -0.122. The third-order valence-electron chi connectivity index (χ3n) is 6.55. The number of benzene rings is 2. The Balaban J connectivity index is 1.61. The van der Waals surface area contributed by atoms with Crippen LogP contribution in [0.4, 0.5) is 0 Å². The van der Waals surface area contributed by atoms with Gasteiger partial charge in [0.2, 0.25) is 5.91 Å². The summed E-state index contributed by atoms with van der Waals surface area (Å²) in [7, 11) is 0. The minimum absolute atomic E-state index is 0.0945. The first-order valence-electron chi connectivity index (χ1n) is 10.8. The standard InChI is InChI=1S/C25H26ClN3O/c26-25-19(14-18-10-4-5-11-20(18)28-25)23-15-24(30)27-21-12-6-7-13-22(21)29(23)16-17-8-2-1-3-9-17/h1-5,8-11,14,21-23H,6-7,12-13,15-16H2,(H,27,30). The Morgan fingerprint density at radius 3 is 2.67 bits per heavy atom. The van der Waals surface area contributed by atoms with Gasteiger partial charge in [-0.25, -0.2) is 4.98 Å². The van der Waals surface area contributed by atoms with Crippen LogP contribution in [0.5, 0.6) is 0 Å². The number of nitrogens with zero attached hydrogens (tertiary/aromatic N) is 2. The molecule has 1 saturated heterocycles. The van der Waals surface area contributed by atoms with Crippen LogP contribution in [-0.4, -0.2) is 27.9 Å². The van der Waals surface area contributed by atoms with Crippen LogP contribution in [0.15, 0.2) is 60.7 Å². The van der Waals surface area contributed by atoms with Crippen LogP contribution in [0.3, 0.4) is 0 Å². The molecule has 3 unspecified atom stereocenters. The molecule has 2 aromatic carbocycles. The highest BCUT2D eigenvalue weighted by atomic mass is 35.5. The van der Waals surface area contributed by atoms with Gasteiger partial charge in [-0.2, -0.15) is 0 Å². The predicted molar refractivity (Wildman–Crippen MR) is 120 cm³/mol. The Morgan fingerprint density at radius 1 is 1.03 bits per heavy atom. The van der Waals surface area contributed by atoms with Crippen LogP contribution in [-0.2, 0) is 11.3 Å². The molecule has 0 radical (unpaired) electrons. The molecule has 1 aliphatic carbocycles. The minimum atomic E-state index is -0.0945. The van der Waals surface area contributed by atoms with Crippen molar-refractivity contribution in [3.05, 3.63) is 76.9 Å². The number of aromatic nitrogens is 1. The van der Waals surface area contributed by atoms with Crippen molar-refractivity contribution in [2.45, 2.75) is 56.8 Å². The molecule has 3 atom stereocenters. The fourth-order valence-corrected chi connectivity index (χ4v) is 5.39. The van der Waals surface area contributed by atoms with E-state index in [1.165, 1.54) is 18.4 Å². The van der Waals surface area contributed by atoms with E-state index in [2.05, 4.69) is 51.6 Å². The second-order valence-corrected chi connectivity index (χ2v) is 8.82. The lowest BCUT2D eigenvalue weighted by Crippen LogP contribution is -2.50. The van der Waals surface area contributed by atoms with E-state index in [1.807, 2.05) is 24.3 Å². The van der Waals surface area contributed by atoms with Crippen molar-refractivity contribution in [3.8, 4) is 0 Å². The highest BCUT2D eigenvalue weighted by Crippen LogP contribution is 2.39. The highest BCUT2D eigenvalue weighted by molar-refractivity contribution is 6.30. The predicted octanol–water partition coefficient (Wildman–Crippen LogP) is 5.26. The van der Waals surface area contributed by atoms with E-state index in [9.17, 15) is 4.79 Å². The number of pyridine rings is 1. The molecule has 1 aromatic heterocycles. The van der Waals surface area contributed by atoms with Crippen LogP contribution in [0, 0.1) is 0 Å². The monoisotopic (exact) mass is 419 g/mol. The smallest absolute Gasteiger partial charge is 0.222 e. The number of carbonyl (C=O) groups is 1. The van der Waals surface area contributed by atoms with Crippen molar-refractivity contribution >= 4 is 28.4 Å². The lowest BCUT2D eigenvalue weighted by atomic mass is 9.88. The first-order valence-corrected chi connectivity index (χ1v) is 11.2. The topological polar surface area (TPSA) is 45.2 Å². The fourth-order valence-electron chi connectivity index (χ4n) is 5.12. The first kappa shape index (κ1) is 19.5. The molecule has 2 heterocycles. The molecule has 0 spiro atoms. The zero-order valence-corrected chi connectivity index (χ0v) is 17.7. The summed E-state index contributed by atoms with van der Waals surface area (Å²) in [5.74, 6) is 0.108. The van der Waals surface area contributed by atoms with Crippen molar-refractivity contribution < 1.29 is 4.79 Å². The molecule has 4 nitrogen and oxygen atoms in total. The van der Waals surface area contributed by atoms with Crippen molar-refractivity contribution in [1.82, 2.24) is 15.2 Å². The quantitative estimate of drug-likeness (QED) is 0.589. The number of carbonyl (C=O) groups excluding carboxylic acids is 1. The first-order chi connectivity index (χ1) is 14.7. The third kappa shape index (κ3) is 3.82. The van der Waals surface area contributed by atoms with E-state index in [1.54, 1.807) is 0 Å². The SMILES string of the molecule is O=C1CC(c2cc3ccccc3nc2Cl)N(Cc2ccccc2)C2CCCCC2N1. The second-order valence-electron chi connectivity index (χ2n) is 8.46. The summed E-state index contributed by atoms with van der Waals surface area (Å²) in [6.45, 7) is 0.796. The molecule has 1 N–H and O–H groups in total. The largest absolute Gasteiger partial charge is 0.352 e. The minimum Gasteiger partial charge on any atom is -0.352 e. The molecular weight excluding hydrogens is 394 g/mol. The van der Waals surface area contributed by atoms with Crippen LogP contribution < -0.4 is 5.32 Å². The zero-order chi connectivity index (χ0) is 20.5. The normalized spacial score (nSPS) is 24.8. The van der Waals surface area contributed by atoms with Crippen LogP contribution in [0.2, 0.25) is 5.15 Å². The average Bonchev–Trinajstić information content (AvgIpc) is 2.90. The lowest BCUT2D eigenvalue weighted by Gasteiger charge is -2.41. The number of rotatable bonds is 3. The Morgan fingerprint density at radius 2 is 1.80 bits per heavy atom. The van der Waals surface area contributed by atoms with Gasteiger partial charge in [0.15, 0.2) is 0 Å². The van der Waals surface area contributed by atoms with Gasteiger partial charge in [-0.3, -0.25) is 9.69 Å². The van der Waals surface area contributed by atoms with Gasteiger partial charge in [0.1, 0.15) is 5.15 Å². The van der Waals surface area contributed by atoms with Crippen LogP contribution in [0.1, 0.15) is 49.3 Å². The molecular formula is C25H26ClN3O. The number of para-hydroxylation sites is 1. The highest BCUT2D eigenvalue weighted by Gasteiger charge is 2.40. The molecule has 5 rings (SSSR count). The summed E-state index contributed by atoms with van der Waals surface area (Å²) in [5.41, 5.74) is 3.09. The maximum absolute atomic E-state index is 12.9. The number of halogens is 1. The van der Waals surface area contributed by atoms with Crippen LogP contribution >= 0.6 is 11.6 Å². The molecule has 30 heavy (non-hydrogen) atoms. The van der Waals surface area contributed by atoms with Crippen molar-refractivity contribution in [1.29, 1.82) is 0 Å². The molecule has 154 valence electrons. The maximum atomic E-state index is 12.9. The zero-order valence-electron chi connectivity index (χ0n) is 16.9. The van der Waals surface area contributed by atoms with Gasteiger partial charge in [0, 0.05) is 42.0 Å². The maximum Gasteiger partial charge on any atom is 0.222 e. The van der Waals surface area contributed by atoms with E-state index in [0.29, 0.717) is 17.6 Å². The molecule has 2 fully saturated rings. The van der Waals surface area contributed by atoms with E-state index in [-0.39, 0.29) is 18.0 Å². The molecule has 0 bridgehead atoms. The van der Waals surface area contributed by atoms with Gasteiger partial charge in [-0.05, 0) is 30.5 Å². The van der Waals surface area contributed by atoms with E-state index in [4.69, 9.17) is 11.6 Å². The average molecular weight is 420 g/mol. The van der Waals surface area contributed by atoms with Gasteiger partial charge in [0.25, 0.3) is 0 Å². The summed E-state index contributed by atoms with van der Waals surface area (Å²) in [6.07, 6.45) is 4.90. The van der Waals surface area contributed by atoms with Crippen molar-refractivity contribution in [3.63, 3.8) is 0 Å². The Bertz CT molecular complexity index is 1050. The summed E-state index contributed by atoms with van der Waals surface area (Å²) in [4.78, 5) is 20.1. The van der Waals surface area contributed by atoms with Gasteiger partial charge >= 0.3 is 0 Å². The Kier molecular flexibility index (Phi) is 5.45. The van der Waals surface area contributed by atoms with Crippen LogP contribution in [0.25, 0.3) is 10.9 Å². The number of nitrogens with one attached hydrogen (secondary N) is 1. The molecule has 1 saturated carbocycles. The summed E-state index contributed by atoms with van der Waals surface area (Å²) in [6, 6.07) is 21.1. The molecule has 1 amide bonds. The molecule has 1 aliphatic heterocycles.